The Kier molecular flexibility index (Phi) is 2.35. The second-order valence-electron chi connectivity index (χ2n) is 5.92. The molecule has 0 saturated heterocycles. The summed E-state index contributed by atoms with van der Waals surface area (Å²) in [6.45, 7) is 0. The predicted octanol–water partition coefficient (Wildman–Crippen LogP) is 3.10. The first kappa shape index (κ1) is 12.3. The van der Waals surface area contributed by atoms with Gasteiger partial charge in [-0.3, -0.25) is 0 Å². The third kappa shape index (κ3) is 1.64. The molecule has 2 nitrogen and oxygen atoms in total. The van der Waals surface area contributed by atoms with E-state index in [0.717, 1.165) is 5.57 Å². The topological polar surface area (TPSA) is 36.4 Å². The number of hydrogen-bond acceptors (Lipinski definition) is 0. The highest BCUT2D eigenvalue weighted by Gasteiger charge is 2.17. The van der Waals surface area contributed by atoms with Crippen molar-refractivity contribution in [2.45, 2.75) is 0 Å². The fourth-order valence-electron chi connectivity index (χ4n) is 3.63. The van der Waals surface area contributed by atoms with Gasteiger partial charge in [0.2, 0.25) is 0 Å². The van der Waals surface area contributed by atoms with Crippen LogP contribution in [0, 0.1) is 0 Å². The molecule has 3 aromatic rings. The van der Waals surface area contributed by atoms with Crippen LogP contribution < -0.4 is 10.4 Å². The maximum absolute atomic E-state index is 8.99. The van der Waals surface area contributed by atoms with Crippen LogP contribution in [0.5, 0.6) is 0 Å². The molecule has 0 heterocycles. The highest BCUT2D eigenvalue weighted by molar-refractivity contribution is 6.12. The standard InChI is InChI=1S/C21H12N2/c22-23-15-6-8-17-14(11-15)12-21-19(17)10-9-18-16-4-2-1-3-13(16)5-7-20(18)21/h1-12H. The molecular weight excluding hydrogens is 280 g/mol. The Bertz CT molecular complexity index is 1250. The van der Waals surface area contributed by atoms with Gasteiger partial charge in [-0.2, -0.15) is 4.79 Å². The summed E-state index contributed by atoms with van der Waals surface area (Å²) < 4.78 is 0. The first-order valence-corrected chi connectivity index (χ1v) is 7.64. The van der Waals surface area contributed by atoms with Crippen LogP contribution in [0.3, 0.4) is 0 Å². The van der Waals surface area contributed by atoms with E-state index in [-0.39, 0.29) is 0 Å². The molecule has 0 aliphatic heterocycles. The quantitative estimate of drug-likeness (QED) is 0.347. The Morgan fingerprint density at radius 2 is 1.61 bits per heavy atom. The van der Waals surface area contributed by atoms with E-state index in [9.17, 15) is 0 Å². The van der Waals surface area contributed by atoms with Gasteiger partial charge in [0.25, 0.3) is 0 Å². The van der Waals surface area contributed by atoms with Gasteiger partial charge in [-0.1, -0.05) is 48.5 Å². The Labute approximate surface area is 132 Å². The van der Waals surface area contributed by atoms with Gasteiger partial charge < -0.3 is 5.53 Å². The zero-order valence-electron chi connectivity index (χ0n) is 12.3. The Balaban J connectivity index is 1.97. The minimum absolute atomic E-state index is 0.586. The molecular formula is C21H12N2. The molecule has 0 fully saturated rings. The number of rotatable bonds is 0. The summed E-state index contributed by atoms with van der Waals surface area (Å²) >= 11 is 0. The summed E-state index contributed by atoms with van der Waals surface area (Å²) in [7, 11) is 0. The number of allylic oxidation sites excluding steroid dienone is 4. The van der Waals surface area contributed by atoms with Gasteiger partial charge in [-0.05, 0) is 55.3 Å². The molecule has 0 spiro atoms. The summed E-state index contributed by atoms with van der Waals surface area (Å²) in [5, 5.41) is 7.57. The Morgan fingerprint density at radius 1 is 0.739 bits per heavy atom. The zero-order valence-corrected chi connectivity index (χ0v) is 12.3. The number of hydrogen-bond donors (Lipinski definition) is 0. The third-order valence-corrected chi connectivity index (χ3v) is 4.71. The van der Waals surface area contributed by atoms with Crippen molar-refractivity contribution < 1.29 is 4.79 Å². The smallest absolute Gasteiger partial charge is 0.316 e. The van der Waals surface area contributed by atoms with Crippen molar-refractivity contribution in [3.8, 4) is 0 Å². The average Bonchev–Trinajstić information content (AvgIpc) is 2.99. The van der Waals surface area contributed by atoms with E-state index in [4.69, 9.17) is 5.53 Å². The molecule has 0 radical (unpaired) electrons. The van der Waals surface area contributed by atoms with Crippen molar-refractivity contribution in [1.29, 1.82) is 0 Å². The van der Waals surface area contributed by atoms with Crippen molar-refractivity contribution in [1.82, 2.24) is 0 Å². The molecule has 0 unspecified atom stereocenters. The van der Waals surface area contributed by atoms with Crippen LogP contribution >= 0.6 is 0 Å². The lowest BCUT2D eigenvalue weighted by Gasteiger charge is -2.04. The maximum atomic E-state index is 8.99. The molecule has 0 N–H and O–H groups in total. The van der Waals surface area contributed by atoms with E-state index in [2.05, 4.69) is 59.4 Å². The molecule has 2 aliphatic carbocycles. The van der Waals surface area contributed by atoms with Crippen molar-refractivity contribution in [3.63, 3.8) is 0 Å². The van der Waals surface area contributed by atoms with Crippen molar-refractivity contribution in [2.24, 2.45) is 0 Å². The molecule has 3 aromatic carbocycles. The van der Waals surface area contributed by atoms with Crippen molar-refractivity contribution in [2.75, 3.05) is 0 Å². The van der Waals surface area contributed by atoms with E-state index in [1.54, 1.807) is 0 Å². The highest BCUT2D eigenvalue weighted by Crippen LogP contribution is 2.25. The predicted molar refractivity (Wildman–Crippen MR) is 94.4 cm³/mol. The molecule has 0 atom stereocenters. The molecule has 2 heteroatoms. The lowest BCUT2D eigenvalue weighted by atomic mass is 9.99. The summed E-state index contributed by atoms with van der Waals surface area (Å²) in [4.78, 5) is 3.29. The molecule has 0 aromatic heterocycles. The van der Waals surface area contributed by atoms with Crippen LogP contribution in [0.25, 0.3) is 38.7 Å². The molecule has 5 rings (SSSR count). The molecule has 0 amide bonds. The van der Waals surface area contributed by atoms with Gasteiger partial charge in [0.15, 0.2) is 0 Å². The van der Waals surface area contributed by atoms with E-state index >= 15 is 0 Å². The van der Waals surface area contributed by atoms with Crippen molar-refractivity contribution >= 4 is 38.9 Å². The van der Waals surface area contributed by atoms with Crippen LogP contribution in [0.2, 0.25) is 0 Å². The van der Waals surface area contributed by atoms with Crippen LogP contribution in [0.4, 0.5) is 0 Å². The monoisotopic (exact) mass is 292 g/mol. The Morgan fingerprint density at radius 3 is 2.52 bits per heavy atom. The van der Waals surface area contributed by atoms with Crippen molar-refractivity contribution in [3.05, 3.63) is 88.3 Å². The molecule has 23 heavy (non-hydrogen) atoms. The molecule has 0 saturated carbocycles. The minimum Gasteiger partial charge on any atom is -0.361 e. The maximum Gasteiger partial charge on any atom is 0.316 e. The van der Waals surface area contributed by atoms with Crippen LogP contribution in [0.1, 0.15) is 0 Å². The fraction of sp³-hybridized carbons (Fsp3) is 0. The molecule has 2 aliphatic rings. The summed E-state index contributed by atoms with van der Waals surface area (Å²) in [6, 6.07) is 17.3. The zero-order chi connectivity index (χ0) is 15.4. The van der Waals surface area contributed by atoms with Gasteiger partial charge in [-0.15, -0.1) is 0 Å². The lowest BCUT2D eigenvalue weighted by Crippen LogP contribution is -2.23. The van der Waals surface area contributed by atoms with Crippen LogP contribution in [-0.2, 0) is 0 Å². The van der Waals surface area contributed by atoms with E-state index < -0.39 is 0 Å². The van der Waals surface area contributed by atoms with Crippen LogP contribution in [0.15, 0.2) is 72.3 Å². The van der Waals surface area contributed by atoms with Gasteiger partial charge in [0, 0.05) is 12.2 Å². The fourth-order valence-corrected chi connectivity index (χ4v) is 3.63. The van der Waals surface area contributed by atoms with E-state index in [0.29, 0.717) is 5.71 Å². The SMILES string of the molecule is [N-]=[N+]=C1C=CC2=c3ccc4c(ccc5ccccc54)c3=CC2=C1. The summed E-state index contributed by atoms with van der Waals surface area (Å²) in [6.07, 6.45) is 7.98. The first-order valence-electron chi connectivity index (χ1n) is 7.64. The van der Waals surface area contributed by atoms with Crippen LogP contribution in [-0.4, -0.2) is 10.5 Å². The normalized spacial score (nSPS) is 15.2. The van der Waals surface area contributed by atoms with E-state index in [1.165, 1.54) is 37.6 Å². The first-order chi connectivity index (χ1) is 11.3. The largest absolute Gasteiger partial charge is 0.361 e. The Hall–Kier alpha value is -3.22. The van der Waals surface area contributed by atoms with E-state index in [1.807, 2.05) is 18.2 Å². The summed E-state index contributed by atoms with van der Waals surface area (Å²) in [5.74, 6) is 0. The number of benzene rings is 3. The minimum atomic E-state index is 0.586. The van der Waals surface area contributed by atoms with Gasteiger partial charge in [0.05, 0.1) is 0 Å². The van der Waals surface area contributed by atoms with Gasteiger partial charge in [0.1, 0.15) is 0 Å². The molecule has 106 valence electrons. The lowest BCUT2D eigenvalue weighted by molar-refractivity contribution is -0.00156. The number of nitrogens with zero attached hydrogens (tertiary/aromatic N) is 2. The van der Waals surface area contributed by atoms with Gasteiger partial charge >= 0.3 is 5.71 Å². The second-order valence-corrected chi connectivity index (χ2v) is 5.92. The van der Waals surface area contributed by atoms with Gasteiger partial charge in [-0.25, -0.2) is 0 Å². The highest BCUT2D eigenvalue weighted by atomic mass is 14.8. The third-order valence-electron chi connectivity index (χ3n) is 4.71. The average molecular weight is 292 g/mol. The number of fused-ring (bicyclic) bond motifs is 6. The summed E-state index contributed by atoms with van der Waals surface area (Å²) in [5.41, 5.74) is 11.9. The molecule has 0 bridgehead atoms. The second kappa shape index (κ2) is 4.39.